The average Bonchev–Trinajstić information content (AvgIpc) is 3.10. The standard InChI is InChI=1S/C19H25FN2O5S/c1-18(2,3)16-10-14(22-27-16)17(24)21-11-15(23)19(4,5)28(25,26)13-8-6-12(20)7-9-13/h6-10,25-26H,11H2,1-5H3,(H,21,24). The molecule has 0 saturated carbocycles. The van der Waals surface area contributed by atoms with Crippen molar-refractivity contribution < 1.29 is 27.6 Å². The minimum atomic E-state index is -3.58. The van der Waals surface area contributed by atoms with Gasteiger partial charge in [-0.05, 0) is 38.1 Å². The first-order chi connectivity index (χ1) is 12.8. The van der Waals surface area contributed by atoms with Crippen LogP contribution in [0, 0.1) is 5.82 Å². The molecule has 2 aromatic rings. The molecule has 1 aromatic carbocycles. The van der Waals surface area contributed by atoms with Gasteiger partial charge in [-0.3, -0.25) is 18.7 Å². The highest BCUT2D eigenvalue weighted by Gasteiger charge is 2.42. The minimum absolute atomic E-state index is 0.0284. The van der Waals surface area contributed by atoms with Crippen LogP contribution in [0.2, 0.25) is 0 Å². The zero-order valence-electron chi connectivity index (χ0n) is 16.4. The van der Waals surface area contributed by atoms with Gasteiger partial charge in [-0.2, -0.15) is 10.6 Å². The van der Waals surface area contributed by atoms with Crippen molar-refractivity contribution in [2.45, 2.75) is 49.7 Å². The average molecular weight is 412 g/mol. The van der Waals surface area contributed by atoms with E-state index in [2.05, 4.69) is 10.5 Å². The van der Waals surface area contributed by atoms with Gasteiger partial charge in [0.15, 0.2) is 11.5 Å². The Bertz CT molecular complexity index is 869. The summed E-state index contributed by atoms with van der Waals surface area (Å²) in [5, 5.41) is 6.12. The number of nitrogens with one attached hydrogen (secondary N) is 1. The molecular formula is C19H25FN2O5S. The first-order valence-electron chi connectivity index (χ1n) is 8.59. The van der Waals surface area contributed by atoms with Crippen LogP contribution in [-0.4, -0.2) is 37.2 Å². The van der Waals surface area contributed by atoms with Crippen molar-refractivity contribution in [3.05, 3.63) is 47.6 Å². The number of benzene rings is 1. The number of hydrogen-bond acceptors (Lipinski definition) is 6. The Morgan fingerprint density at radius 1 is 1.14 bits per heavy atom. The summed E-state index contributed by atoms with van der Waals surface area (Å²) in [6, 6.07) is 6.12. The zero-order valence-corrected chi connectivity index (χ0v) is 17.3. The Labute approximate surface area is 164 Å². The molecule has 0 fully saturated rings. The number of rotatable bonds is 6. The van der Waals surface area contributed by atoms with Crippen LogP contribution in [-0.2, 0) is 10.2 Å². The molecule has 3 N–H and O–H groups in total. The van der Waals surface area contributed by atoms with E-state index >= 15 is 0 Å². The fourth-order valence-electron chi connectivity index (χ4n) is 2.28. The predicted molar refractivity (Wildman–Crippen MR) is 104 cm³/mol. The Hall–Kier alpha value is -2.23. The van der Waals surface area contributed by atoms with E-state index in [1.807, 2.05) is 20.8 Å². The Morgan fingerprint density at radius 3 is 2.21 bits per heavy atom. The molecule has 9 heteroatoms. The van der Waals surface area contributed by atoms with Crippen LogP contribution in [0.15, 0.2) is 39.8 Å². The summed E-state index contributed by atoms with van der Waals surface area (Å²) < 4.78 is 37.9. The maximum Gasteiger partial charge on any atom is 0.273 e. The van der Waals surface area contributed by atoms with E-state index in [0.717, 1.165) is 12.1 Å². The summed E-state index contributed by atoms with van der Waals surface area (Å²) >= 11 is 0. The number of aromatic nitrogens is 1. The van der Waals surface area contributed by atoms with E-state index in [0.29, 0.717) is 5.76 Å². The molecule has 0 saturated heterocycles. The summed E-state index contributed by atoms with van der Waals surface area (Å²) in [5.74, 6) is -1.21. The third-order valence-electron chi connectivity index (χ3n) is 4.42. The van der Waals surface area contributed by atoms with Gasteiger partial charge in [-0.1, -0.05) is 25.9 Å². The van der Waals surface area contributed by atoms with Crippen molar-refractivity contribution in [2.24, 2.45) is 0 Å². The van der Waals surface area contributed by atoms with E-state index in [4.69, 9.17) is 4.52 Å². The highest BCUT2D eigenvalue weighted by atomic mass is 32.3. The van der Waals surface area contributed by atoms with Gasteiger partial charge in [0.25, 0.3) is 5.91 Å². The molecule has 28 heavy (non-hydrogen) atoms. The van der Waals surface area contributed by atoms with Crippen LogP contribution in [0.1, 0.15) is 50.9 Å². The molecule has 7 nitrogen and oxygen atoms in total. The first kappa shape index (κ1) is 22.1. The zero-order chi connectivity index (χ0) is 21.3. The number of carbonyl (C=O) groups is 2. The normalized spacial score (nSPS) is 13.3. The summed E-state index contributed by atoms with van der Waals surface area (Å²) in [4.78, 5) is 24.9. The number of hydrogen-bond donors (Lipinski definition) is 3. The lowest BCUT2D eigenvalue weighted by Crippen LogP contribution is -2.44. The molecule has 1 heterocycles. The van der Waals surface area contributed by atoms with Crippen molar-refractivity contribution in [3.8, 4) is 0 Å². The van der Waals surface area contributed by atoms with Crippen LogP contribution in [0.3, 0.4) is 0 Å². The van der Waals surface area contributed by atoms with Crippen LogP contribution >= 0.6 is 10.6 Å². The summed E-state index contributed by atoms with van der Waals surface area (Å²) in [5.41, 5.74) is -0.296. The van der Waals surface area contributed by atoms with Gasteiger partial charge in [-0.25, -0.2) is 4.39 Å². The largest absolute Gasteiger partial charge is 0.360 e. The molecule has 0 aliphatic rings. The molecular weight excluding hydrogens is 387 g/mol. The predicted octanol–water partition coefficient (Wildman–Crippen LogP) is 4.00. The van der Waals surface area contributed by atoms with Crippen molar-refractivity contribution >= 4 is 22.3 Å². The van der Waals surface area contributed by atoms with Gasteiger partial charge < -0.3 is 9.84 Å². The summed E-state index contributed by atoms with van der Waals surface area (Å²) in [6.07, 6.45) is 0. The SMILES string of the molecule is CC(C)(C)c1cc(C(=O)NCC(=O)C(C)(C)S(O)(O)c2ccc(F)cc2)no1. The fourth-order valence-corrected chi connectivity index (χ4v) is 3.77. The molecule has 1 amide bonds. The summed E-state index contributed by atoms with van der Waals surface area (Å²) in [6.45, 7) is 8.02. The van der Waals surface area contributed by atoms with E-state index in [1.54, 1.807) is 0 Å². The lowest BCUT2D eigenvalue weighted by atomic mass is 9.93. The van der Waals surface area contributed by atoms with Gasteiger partial charge in [0.1, 0.15) is 16.3 Å². The third-order valence-corrected chi connectivity index (χ3v) is 7.00. The first-order valence-corrected chi connectivity index (χ1v) is 10.1. The molecule has 0 unspecified atom stereocenters. The quantitative estimate of drug-likeness (QED) is 0.661. The van der Waals surface area contributed by atoms with E-state index < -0.39 is 39.4 Å². The Balaban J connectivity index is 2.09. The third kappa shape index (κ3) is 4.43. The molecule has 0 atom stereocenters. The van der Waals surface area contributed by atoms with Crippen molar-refractivity contribution in [1.29, 1.82) is 0 Å². The molecule has 0 aliphatic carbocycles. The second-order valence-electron chi connectivity index (χ2n) is 7.95. The van der Waals surface area contributed by atoms with Crippen molar-refractivity contribution in [1.82, 2.24) is 10.5 Å². The van der Waals surface area contributed by atoms with E-state index in [9.17, 15) is 23.1 Å². The molecule has 1 aromatic heterocycles. The molecule has 0 spiro atoms. The van der Waals surface area contributed by atoms with Crippen LogP contribution in [0.4, 0.5) is 4.39 Å². The van der Waals surface area contributed by atoms with Gasteiger partial charge >= 0.3 is 0 Å². The lowest BCUT2D eigenvalue weighted by Gasteiger charge is -2.45. The minimum Gasteiger partial charge on any atom is -0.360 e. The second kappa shape index (κ2) is 7.65. The number of carbonyl (C=O) groups excluding carboxylic acids is 2. The van der Waals surface area contributed by atoms with E-state index in [1.165, 1.54) is 32.0 Å². The van der Waals surface area contributed by atoms with E-state index in [-0.39, 0.29) is 16.0 Å². The molecule has 0 radical (unpaired) electrons. The molecule has 2 rings (SSSR count). The highest BCUT2D eigenvalue weighted by molar-refractivity contribution is 8.26. The van der Waals surface area contributed by atoms with Crippen LogP contribution in [0.5, 0.6) is 0 Å². The molecule has 154 valence electrons. The smallest absolute Gasteiger partial charge is 0.273 e. The van der Waals surface area contributed by atoms with Crippen LogP contribution in [0.25, 0.3) is 0 Å². The fraction of sp³-hybridized carbons (Fsp3) is 0.421. The lowest BCUT2D eigenvalue weighted by molar-refractivity contribution is -0.120. The van der Waals surface area contributed by atoms with Crippen molar-refractivity contribution in [3.63, 3.8) is 0 Å². The summed E-state index contributed by atoms with van der Waals surface area (Å²) in [7, 11) is -3.58. The van der Waals surface area contributed by atoms with Gasteiger partial charge in [0, 0.05) is 11.5 Å². The highest BCUT2D eigenvalue weighted by Crippen LogP contribution is 2.59. The molecule has 0 aliphatic heterocycles. The van der Waals surface area contributed by atoms with Crippen molar-refractivity contribution in [2.75, 3.05) is 6.54 Å². The monoisotopic (exact) mass is 412 g/mol. The van der Waals surface area contributed by atoms with Crippen LogP contribution < -0.4 is 5.32 Å². The van der Waals surface area contributed by atoms with Gasteiger partial charge in [-0.15, -0.1) is 0 Å². The number of Topliss-reactive ketones (excluding diaryl/α,β-unsaturated/α-hetero) is 1. The Morgan fingerprint density at radius 2 is 1.71 bits per heavy atom. The molecule has 0 bridgehead atoms. The Kier molecular flexibility index (Phi) is 6.03. The number of amides is 1. The van der Waals surface area contributed by atoms with Gasteiger partial charge in [0.2, 0.25) is 0 Å². The number of ketones is 1. The van der Waals surface area contributed by atoms with Gasteiger partial charge in [0.05, 0.1) is 11.4 Å². The maximum atomic E-state index is 13.1. The topological polar surface area (TPSA) is 113 Å². The number of nitrogens with zero attached hydrogens (tertiary/aromatic N) is 1. The number of halogens is 1. The maximum absolute atomic E-state index is 13.1. The second-order valence-corrected chi connectivity index (χ2v) is 10.5.